The van der Waals surface area contributed by atoms with E-state index in [1.54, 1.807) is 31.4 Å². The highest BCUT2D eigenvalue weighted by Gasteiger charge is 2.37. The maximum Gasteiger partial charge on any atom is 0.237 e. The SMILES string of the molecule is COc1ccc([C@H]2NC(=O)CC[C@@H]2[N+](=O)[O-])cc1. The van der Waals surface area contributed by atoms with Crippen molar-refractivity contribution in [3.8, 4) is 5.75 Å². The van der Waals surface area contributed by atoms with Gasteiger partial charge in [0.15, 0.2) is 0 Å². The second-order valence-electron chi connectivity index (χ2n) is 4.21. The molecule has 0 radical (unpaired) electrons. The van der Waals surface area contributed by atoms with E-state index < -0.39 is 12.1 Å². The lowest BCUT2D eigenvalue weighted by Gasteiger charge is -2.26. The number of nitro groups is 1. The number of ether oxygens (including phenoxy) is 1. The minimum atomic E-state index is -0.768. The highest BCUT2D eigenvalue weighted by molar-refractivity contribution is 5.77. The molecule has 0 spiro atoms. The Morgan fingerprint density at radius 1 is 1.39 bits per heavy atom. The topological polar surface area (TPSA) is 81.5 Å². The van der Waals surface area contributed by atoms with Crippen LogP contribution in [0.2, 0.25) is 0 Å². The number of carbonyl (C=O) groups is 1. The summed E-state index contributed by atoms with van der Waals surface area (Å²) in [5, 5.41) is 13.7. The first-order valence-electron chi connectivity index (χ1n) is 5.68. The summed E-state index contributed by atoms with van der Waals surface area (Å²) in [6.45, 7) is 0. The zero-order valence-corrected chi connectivity index (χ0v) is 9.96. The van der Waals surface area contributed by atoms with Crippen LogP contribution in [-0.4, -0.2) is 24.0 Å². The van der Waals surface area contributed by atoms with E-state index in [9.17, 15) is 14.9 Å². The maximum absolute atomic E-state index is 11.4. The Morgan fingerprint density at radius 2 is 2.06 bits per heavy atom. The fraction of sp³-hybridized carbons (Fsp3) is 0.417. The van der Waals surface area contributed by atoms with E-state index in [1.807, 2.05) is 0 Å². The van der Waals surface area contributed by atoms with Crippen LogP contribution in [0.4, 0.5) is 0 Å². The molecule has 96 valence electrons. The Bertz CT molecular complexity index is 458. The van der Waals surface area contributed by atoms with E-state index in [1.165, 1.54) is 0 Å². The molecule has 2 rings (SSSR count). The molecule has 1 fully saturated rings. The van der Waals surface area contributed by atoms with E-state index >= 15 is 0 Å². The minimum Gasteiger partial charge on any atom is -0.497 e. The third kappa shape index (κ3) is 2.42. The molecule has 0 aliphatic carbocycles. The van der Waals surface area contributed by atoms with Crippen LogP contribution in [0.15, 0.2) is 24.3 Å². The van der Waals surface area contributed by atoms with Gasteiger partial charge >= 0.3 is 0 Å². The first-order chi connectivity index (χ1) is 8.61. The lowest BCUT2D eigenvalue weighted by Crippen LogP contribution is -2.45. The molecule has 1 amide bonds. The Kier molecular flexibility index (Phi) is 3.45. The van der Waals surface area contributed by atoms with Crippen molar-refractivity contribution in [3.05, 3.63) is 39.9 Å². The molecule has 2 atom stereocenters. The highest BCUT2D eigenvalue weighted by atomic mass is 16.6. The third-order valence-electron chi connectivity index (χ3n) is 3.11. The number of nitrogens with zero attached hydrogens (tertiary/aromatic N) is 1. The summed E-state index contributed by atoms with van der Waals surface area (Å²) in [6, 6.07) is 5.61. The number of carbonyl (C=O) groups excluding carboxylic acids is 1. The van der Waals surface area contributed by atoms with Gasteiger partial charge in [0.05, 0.1) is 7.11 Å². The molecule has 0 bridgehead atoms. The van der Waals surface area contributed by atoms with E-state index in [4.69, 9.17) is 4.74 Å². The quantitative estimate of drug-likeness (QED) is 0.647. The smallest absolute Gasteiger partial charge is 0.237 e. The summed E-state index contributed by atoms with van der Waals surface area (Å²) < 4.78 is 5.03. The van der Waals surface area contributed by atoms with Crippen LogP contribution in [0.5, 0.6) is 5.75 Å². The zero-order chi connectivity index (χ0) is 13.1. The predicted octanol–water partition coefficient (Wildman–Crippen LogP) is 1.29. The Hall–Kier alpha value is -2.11. The summed E-state index contributed by atoms with van der Waals surface area (Å²) >= 11 is 0. The summed E-state index contributed by atoms with van der Waals surface area (Å²) in [7, 11) is 1.55. The van der Waals surface area contributed by atoms with Crippen molar-refractivity contribution in [1.82, 2.24) is 5.32 Å². The van der Waals surface area contributed by atoms with Crippen molar-refractivity contribution in [2.45, 2.75) is 24.9 Å². The van der Waals surface area contributed by atoms with Crippen LogP contribution in [0.1, 0.15) is 24.4 Å². The summed E-state index contributed by atoms with van der Waals surface area (Å²) in [5.41, 5.74) is 0.727. The van der Waals surface area contributed by atoms with Crippen LogP contribution in [-0.2, 0) is 4.79 Å². The van der Waals surface area contributed by atoms with E-state index in [-0.39, 0.29) is 23.7 Å². The number of benzene rings is 1. The Labute approximate surface area is 104 Å². The molecule has 1 heterocycles. The normalized spacial score (nSPS) is 23.3. The van der Waals surface area contributed by atoms with Gasteiger partial charge in [-0.2, -0.15) is 0 Å². The number of amides is 1. The second kappa shape index (κ2) is 5.03. The average Bonchev–Trinajstić information content (AvgIpc) is 2.38. The second-order valence-corrected chi connectivity index (χ2v) is 4.21. The molecule has 1 aromatic rings. The largest absolute Gasteiger partial charge is 0.497 e. The molecular formula is C12H14N2O4. The van der Waals surface area contributed by atoms with Gasteiger partial charge in [-0.25, -0.2) is 0 Å². The predicted molar refractivity (Wildman–Crippen MR) is 63.9 cm³/mol. The highest BCUT2D eigenvalue weighted by Crippen LogP contribution is 2.27. The van der Waals surface area contributed by atoms with Gasteiger partial charge in [0.2, 0.25) is 11.9 Å². The van der Waals surface area contributed by atoms with Crippen molar-refractivity contribution < 1.29 is 14.5 Å². The molecule has 0 unspecified atom stereocenters. The van der Waals surface area contributed by atoms with Gasteiger partial charge in [0, 0.05) is 17.8 Å². The number of hydrogen-bond acceptors (Lipinski definition) is 4. The summed E-state index contributed by atoms with van der Waals surface area (Å²) in [6.07, 6.45) is 0.480. The molecule has 1 aliphatic rings. The lowest BCUT2D eigenvalue weighted by molar-refractivity contribution is -0.529. The van der Waals surface area contributed by atoms with Crippen molar-refractivity contribution in [2.24, 2.45) is 0 Å². The van der Waals surface area contributed by atoms with E-state index in [0.29, 0.717) is 5.75 Å². The molecule has 6 nitrogen and oxygen atoms in total. The molecule has 1 saturated heterocycles. The first kappa shape index (κ1) is 12.3. The number of methoxy groups -OCH3 is 1. The van der Waals surface area contributed by atoms with Crippen LogP contribution >= 0.6 is 0 Å². The van der Waals surface area contributed by atoms with Gasteiger partial charge in [-0.05, 0) is 17.7 Å². The van der Waals surface area contributed by atoms with Crippen LogP contribution < -0.4 is 10.1 Å². The van der Waals surface area contributed by atoms with Crippen LogP contribution in [0.3, 0.4) is 0 Å². The number of rotatable bonds is 3. The zero-order valence-electron chi connectivity index (χ0n) is 9.96. The van der Waals surface area contributed by atoms with Gasteiger partial charge in [0.25, 0.3) is 0 Å². The molecular weight excluding hydrogens is 236 g/mol. The standard InChI is InChI=1S/C12H14N2O4/c1-18-9-4-2-8(3-5-9)12-10(14(16)17)6-7-11(15)13-12/h2-5,10,12H,6-7H2,1H3,(H,13,15)/t10-,12+/m0/s1. The van der Waals surface area contributed by atoms with Gasteiger partial charge in [-0.3, -0.25) is 14.9 Å². The number of nitrogens with one attached hydrogen (secondary N) is 1. The molecule has 1 N–H and O–H groups in total. The Morgan fingerprint density at radius 3 is 2.61 bits per heavy atom. The molecule has 0 aromatic heterocycles. The van der Waals surface area contributed by atoms with Crippen molar-refractivity contribution >= 4 is 5.91 Å². The fourth-order valence-electron chi connectivity index (χ4n) is 2.13. The van der Waals surface area contributed by atoms with E-state index in [2.05, 4.69) is 5.32 Å². The number of piperidine rings is 1. The maximum atomic E-state index is 11.4. The first-order valence-corrected chi connectivity index (χ1v) is 5.68. The van der Waals surface area contributed by atoms with Gasteiger partial charge in [-0.15, -0.1) is 0 Å². The van der Waals surface area contributed by atoms with Crippen LogP contribution in [0.25, 0.3) is 0 Å². The Balaban J connectivity index is 2.25. The summed E-state index contributed by atoms with van der Waals surface area (Å²) in [5.74, 6) is 0.535. The molecule has 1 aliphatic heterocycles. The van der Waals surface area contributed by atoms with Crippen molar-refractivity contribution in [2.75, 3.05) is 7.11 Å². The van der Waals surface area contributed by atoms with Crippen molar-refractivity contribution in [3.63, 3.8) is 0 Å². The van der Waals surface area contributed by atoms with Crippen molar-refractivity contribution in [1.29, 1.82) is 0 Å². The van der Waals surface area contributed by atoms with Gasteiger partial charge < -0.3 is 10.1 Å². The molecule has 1 aromatic carbocycles. The third-order valence-corrected chi connectivity index (χ3v) is 3.11. The monoisotopic (exact) mass is 250 g/mol. The minimum absolute atomic E-state index is 0.145. The molecule has 6 heteroatoms. The summed E-state index contributed by atoms with van der Waals surface area (Å²) in [4.78, 5) is 22.1. The average molecular weight is 250 g/mol. The fourth-order valence-corrected chi connectivity index (χ4v) is 2.13. The van der Waals surface area contributed by atoms with E-state index in [0.717, 1.165) is 5.56 Å². The van der Waals surface area contributed by atoms with Gasteiger partial charge in [0.1, 0.15) is 11.8 Å². The van der Waals surface area contributed by atoms with Crippen LogP contribution in [0, 0.1) is 10.1 Å². The van der Waals surface area contributed by atoms with Gasteiger partial charge in [-0.1, -0.05) is 12.1 Å². The lowest BCUT2D eigenvalue weighted by atomic mass is 9.92. The molecule has 18 heavy (non-hydrogen) atoms. The number of hydrogen-bond donors (Lipinski definition) is 1. The molecule has 0 saturated carbocycles.